The highest BCUT2D eigenvalue weighted by Crippen LogP contribution is 2.66. The first-order valence-corrected chi connectivity index (χ1v) is 13.7. The van der Waals surface area contributed by atoms with Crippen LogP contribution in [0.3, 0.4) is 0 Å². The van der Waals surface area contributed by atoms with E-state index in [4.69, 9.17) is 20.3 Å². The maximum Gasteiger partial charge on any atom is 0.490 e. The zero-order valence-corrected chi connectivity index (χ0v) is 19.7. The van der Waals surface area contributed by atoms with Gasteiger partial charge in [-0.15, -0.1) is 0 Å². The number of nitrogens with zero attached hydrogens (tertiary/aromatic N) is 3. The topological polar surface area (TPSA) is 272 Å². The van der Waals surface area contributed by atoms with Gasteiger partial charge < -0.3 is 40.1 Å². The highest BCUT2D eigenvalue weighted by atomic mass is 31.3. The van der Waals surface area contributed by atoms with Crippen LogP contribution < -0.4 is 11.1 Å². The van der Waals surface area contributed by atoms with Crippen molar-refractivity contribution in [2.24, 2.45) is 15.7 Å². The van der Waals surface area contributed by atoms with Gasteiger partial charge in [0.05, 0.1) is 12.9 Å². The van der Waals surface area contributed by atoms with E-state index in [1.54, 1.807) is 0 Å². The van der Waals surface area contributed by atoms with Crippen LogP contribution in [0.25, 0.3) is 0 Å². The van der Waals surface area contributed by atoms with Gasteiger partial charge in [0.2, 0.25) is 0 Å². The number of hydrogen-bond donors (Lipinski definition) is 7. The van der Waals surface area contributed by atoms with Crippen molar-refractivity contribution >= 4 is 41.7 Å². The van der Waals surface area contributed by atoms with Crippen LogP contribution in [-0.2, 0) is 36.4 Å². The zero-order valence-electron chi connectivity index (χ0n) is 17.0. The first-order valence-electron chi connectivity index (χ1n) is 9.22. The molecule has 1 amide bonds. The average molecular weight is 555 g/mol. The molecule has 4 unspecified atom stereocenters. The fraction of sp³-hybridized carbons (Fsp3) is 0.750. The molecule has 22 heteroatoms. The van der Waals surface area contributed by atoms with Gasteiger partial charge in [0.1, 0.15) is 11.7 Å². The molecule has 3 rings (SSSR count). The van der Waals surface area contributed by atoms with Crippen LogP contribution in [0.5, 0.6) is 0 Å². The molecule has 0 radical (unpaired) electrons. The van der Waals surface area contributed by atoms with Gasteiger partial charge in [0.25, 0.3) is 5.91 Å². The number of phosphoric ester groups is 1. The number of amides is 1. The zero-order chi connectivity index (χ0) is 25.7. The third-order valence-corrected chi connectivity index (χ3v) is 8.77. The van der Waals surface area contributed by atoms with Gasteiger partial charge in [-0.3, -0.25) is 19.6 Å². The lowest BCUT2D eigenvalue weighted by Crippen LogP contribution is -2.56. The quantitative estimate of drug-likeness (QED) is 0.152. The van der Waals surface area contributed by atoms with Gasteiger partial charge in [-0.05, 0) is 6.42 Å². The van der Waals surface area contributed by atoms with Gasteiger partial charge in [0, 0.05) is 0 Å². The third-order valence-electron chi connectivity index (χ3n) is 4.99. The summed E-state index contributed by atoms with van der Waals surface area (Å²) in [6, 6.07) is -1.08. The van der Waals surface area contributed by atoms with E-state index in [0.29, 0.717) is 0 Å². The van der Waals surface area contributed by atoms with Crippen LogP contribution in [0, 0.1) is 0 Å². The Hall–Kier alpha value is -1.33. The lowest BCUT2D eigenvalue weighted by atomic mass is 9.94. The van der Waals surface area contributed by atoms with E-state index in [-0.39, 0.29) is 12.4 Å². The normalized spacial score (nSPS) is 37.0. The number of phosphoric acid groups is 3. The average Bonchev–Trinajstić information content (AvgIpc) is 3.18. The largest absolute Gasteiger partial charge is 0.490 e. The molecule has 18 nitrogen and oxygen atoms in total. The number of nitrogens with two attached hydrogens (primary N) is 1. The van der Waals surface area contributed by atoms with Gasteiger partial charge >= 0.3 is 23.5 Å². The molecule has 0 spiro atoms. The molecule has 34 heavy (non-hydrogen) atoms. The summed E-state index contributed by atoms with van der Waals surface area (Å²) in [5.41, 5.74) is 3.50. The lowest BCUT2D eigenvalue weighted by Gasteiger charge is -2.34. The summed E-state index contributed by atoms with van der Waals surface area (Å²) in [6.45, 7) is 0.306. The molecular formula is C12H21FN5O13P3. The highest BCUT2D eigenvalue weighted by molar-refractivity contribution is 7.66. The number of ether oxygens (including phenoxy) is 1. The van der Waals surface area contributed by atoms with E-state index < -0.39 is 72.3 Å². The minimum Gasteiger partial charge on any atom is -0.387 e. The second kappa shape index (κ2) is 9.28. The first kappa shape index (κ1) is 27.3. The minimum atomic E-state index is -5.78. The van der Waals surface area contributed by atoms with Crippen molar-refractivity contribution in [3.63, 3.8) is 0 Å². The molecule has 0 aromatic carbocycles. The predicted octanol–water partition coefficient (Wildman–Crippen LogP) is -1.98. The Labute approximate surface area is 190 Å². The van der Waals surface area contributed by atoms with Crippen molar-refractivity contribution in [3.8, 4) is 0 Å². The molecule has 1 fully saturated rings. The number of aliphatic hydroxyl groups is 1. The smallest absolute Gasteiger partial charge is 0.387 e. The summed E-state index contributed by atoms with van der Waals surface area (Å²) in [6.07, 6.45) is -6.05. The molecule has 0 saturated carbocycles. The highest BCUT2D eigenvalue weighted by Gasteiger charge is 2.59. The number of aliphatic hydroxyl groups excluding tert-OH is 1. The molecule has 0 aliphatic carbocycles. The number of fused-ring (bicyclic) bond motifs is 1. The monoisotopic (exact) mass is 555 g/mol. The molecule has 3 aliphatic heterocycles. The summed E-state index contributed by atoms with van der Waals surface area (Å²) in [7, 11) is -16.9. The number of halogens is 1. The third kappa shape index (κ3) is 5.73. The Morgan fingerprint density at radius 1 is 1.26 bits per heavy atom. The maximum atomic E-state index is 15.1. The molecule has 8 N–H and O–H groups in total. The second-order valence-electron chi connectivity index (χ2n) is 7.25. The Bertz CT molecular complexity index is 1040. The van der Waals surface area contributed by atoms with Crippen LogP contribution in [0.15, 0.2) is 9.98 Å². The molecule has 3 heterocycles. The van der Waals surface area contributed by atoms with E-state index in [0.717, 1.165) is 11.2 Å². The second-order valence-corrected chi connectivity index (χ2v) is 11.7. The van der Waals surface area contributed by atoms with E-state index in [1.165, 1.54) is 6.92 Å². The van der Waals surface area contributed by atoms with Gasteiger partial charge in [-0.1, -0.05) is 6.92 Å². The van der Waals surface area contributed by atoms with E-state index in [1.807, 2.05) is 0 Å². The predicted molar refractivity (Wildman–Crippen MR) is 106 cm³/mol. The standard InChI is InChI=1S/C12H21FN5O13P3/c1-2-12(3-28-33(24,25)31-34(26,27)30-32(21,22)23)7(19)5(13)10(29-12)18-4-15-6-8(18)16-11(14)17-9(6)20/h4-8,10,19H,2-3H2,1H3,(H,24,25)(H,26,27)(H2,21,22,23)(H3,14,16,17,20)/t5-,6?,7+,8?,10-,12-/m1/s1. The number of nitrogens with one attached hydrogen (secondary N) is 1. The summed E-state index contributed by atoms with van der Waals surface area (Å²) < 4.78 is 66.6. The van der Waals surface area contributed by atoms with Gasteiger partial charge in [0.15, 0.2) is 30.6 Å². The number of rotatable bonds is 9. The van der Waals surface area contributed by atoms with E-state index in [2.05, 4.69) is 28.4 Å². The molecule has 0 bridgehead atoms. The Balaban J connectivity index is 1.74. The number of carbonyl (C=O) groups excluding carboxylic acids is 1. The molecule has 8 atom stereocenters. The van der Waals surface area contributed by atoms with Crippen LogP contribution in [0.4, 0.5) is 4.39 Å². The Morgan fingerprint density at radius 2 is 1.91 bits per heavy atom. The van der Waals surface area contributed by atoms with Crippen molar-refractivity contribution in [1.29, 1.82) is 0 Å². The Kier molecular flexibility index (Phi) is 7.44. The molecular weight excluding hydrogens is 534 g/mol. The van der Waals surface area contributed by atoms with Crippen LogP contribution in [0.2, 0.25) is 0 Å². The van der Waals surface area contributed by atoms with Gasteiger partial charge in [-0.2, -0.15) is 8.62 Å². The lowest BCUT2D eigenvalue weighted by molar-refractivity contribution is -0.140. The maximum absolute atomic E-state index is 15.1. The van der Waals surface area contributed by atoms with Crippen molar-refractivity contribution in [2.45, 2.75) is 49.7 Å². The SMILES string of the molecule is CC[C@]1(COP(=O)(O)OP(=O)(O)OP(=O)(O)O)O[C@@H](N2C=NC3C(=O)NC(N)=NC32)[C@H](F)[C@@H]1O. The number of hydrogen-bond acceptors (Lipinski definition) is 13. The van der Waals surface area contributed by atoms with Crippen LogP contribution >= 0.6 is 23.5 Å². The number of guanidine groups is 1. The summed E-state index contributed by atoms with van der Waals surface area (Å²) in [5, 5.41) is 12.7. The molecule has 1 saturated heterocycles. The number of carbonyl (C=O) groups is 1. The summed E-state index contributed by atoms with van der Waals surface area (Å²) in [4.78, 5) is 57.0. The Morgan fingerprint density at radius 3 is 2.50 bits per heavy atom. The van der Waals surface area contributed by atoms with Crippen LogP contribution in [-0.4, -0.2) is 90.7 Å². The van der Waals surface area contributed by atoms with Crippen molar-refractivity contribution in [2.75, 3.05) is 6.61 Å². The van der Waals surface area contributed by atoms with Crippen molar-refractivity contribution in [3.05, 3.63) is 0 Å². The molecule has 0 aromatic rings. The van der Waals surface area contributed by atoms with Crippen molar-refractivity contribution < 1.29 is 65.4 Å². The minimum absolute atomic E-state index is 0.230. The first-order chi connectivity index (χ1) is 15.5. The summed E-state index contributed by atoms with van der Waals surface area (Å²) >= 11 is 0. The van der Waals surface area contributed by atoms with E-state index in [9.17, 15) is 33.4 Å². The van der Waals surface area contributed by atoms with Crippen LogP contribution in [0.1, 0.15) is 13.3 Å². The molecule has 3 aliphatic rings. The fourth-order valence-corrected chi connectivity index (χ4v) is 6.52. The molecule has 0 aromatic heterocycles. The molecule has 194 valence electrons. The fourth-order valence-electron chi connectivity index (χ4n) is 3.44. The summed E-state index contributed by atoms with van der Waals surface area (Å²) in [5.74, 6) is -0.871. The van der Waals surface area contributed by atoms with E-state index >= 15 is 4.39 Å². The van der Waals surface area contributed by atoms with Crippen molar-refractivity contribution in [1.82, 2.24) is 10.2 Å². The van der Waals surface area contributed by atoms with Gasteiger partial charge in [-0.25, -0.2) is 23.1 Å². The number of aliphatic imine (C=N–C) groups is 2. The number of alkyl halides is 1.